The number of hydrogen-bond acceptors (Lipinski definition) is 2. The van der Waals surface area contributed by atoms with Gasteiger partial charge < -0.3 is 4.90 Å². The van der Waals surface area contributed by atoms with Crippen molar-refractivity contribution in [3.05, 3.63) is 23.9 Å². The van der Waals surface area contributed by atoms with Crippen LogP contribution in [-0.4, -0.2) is 24.2 Å². The minimum Gasteiger partial charge on any atom is -0.357 e. The molecule has 2 nitrogen and oxygen atoms in total. The van der Waals surface area contributed by atoms with Gasteiger partial charge in [-0.2, -0.15) is 0 Å². The second-order valence-corrected chi connectivity index (χ2v) is 2.89. The van der Waals surface area contributed by atoms with Crippen molar-refractivity contribution in [2.75, 3.05) is 13.2 Å². The SMILES string of the molecule is CC.CC1=CC=CN2CNCC12. The van der Waals surface area contributed by atoms with Crippen LogP contribution in [0.25, 0.3) is 0 Å². The van der Waals surface area contributed by atoms with Crippen LogP contribution >= 0.6 is 0 Å². The molecule has 0 saturated carbocycles. The van der Waals surface area contributed by atoms with Crippen LogP contribution in [0, 0.1) is 0 Å². The molecule has 2 aliphatic rings. The van der Waals surface area contributed by atoms with E-state index in [9.17, 15) is 0 Å². The normalized spacial score (nSPS) is 25.8. The molecule has 0 aromatic carbocycles. The molecular formula is C10H18N2. The largest absolute Gasteiger partial charge is 0.357 e. The molecular weight excluding hydrogens is 148 g/mol. The first-order chi connectivity index (χ1) is 5.88. The summed E-state index contributed by atoms with van der Waals surface area (Å²) in [5.74, 6) is 0. The van der Waals surface area contributed by atoms with Gasteiger partial charge >= 0.3 is 0 Å². The van der Waals surface area contributed by atoms with E-state index >= 15 is 0 Å². The first kappa shape index (κ1) is 9.33. The van der Waals surface area contributed by atoms with Crippen molar-refractivity contribution in [2.24, 2.45) is 0 Å². The van der Waals surface area contributed by atoms with E-state index in [0.717, 1.165) is 13.2 Å². The fraction of sp³-hybridized carbons (Fsp3) is 0.600. The summed E-state index contributed by atoms with van der Waals surface area (Å²) in [5, 5.41) is 3.33. The van der Waals surface area contributed by atoms with Gasteiger partial charge in [0.25, 0.3) is 0 Å². The molecule has 1 atom stereocenters. The molecule has 0 amide bonds. The lowest BCUT2D eigenvalue weighted by Gasteiger charge is -2.24. The summed E-state index contributed by atoms with van der Waals surface area (Å²) >= 11 is 0. The molecule has 0 aromatic heterocycles. The van der Waals surface area contributed by atoms with E-state index in [2.05, 4.69) is 35.5 Å². The highest BCUT2D eigenvalue weighted by atomic mass is 15.3. The predicted octanol–water partition coefficient (Wildman–Crippen LogP) is 1.72. The van der Waals surface area contributed by atoms with Crippen molar-refractivity contribution < 1.29 is 0 Å². The number of fused-ring (bicyclic) bond motifs is 1. The fourth-order valence-corrected chi connectivity index (χ4v) is 1.55. The lowest BCUT2D eigenvalue weighted by atomic mass is 10.1. The molecule has 1 N–H and O–H groups in total. The van der Waals surface area contributed by atoms with Crippen molar-refractivity contribution in [1.29, 1.82) is 0 Å². The van der Waals surface area contributed by atoms with Crippen LogP contribution in [0.3, 0.4) is 0 Å². The molecule has 0 bridgehead atoms. The van der Waals surface area contributed by atoms with Crippen molar-refractivity contribution in [2.45, 2.75) is 26.8 Å². The van der Waals surface area contributed by atoms with Gasteiger partial charge in [-0.1, -0.05) is 19.9 Å². The summed E-state index contributed by atoms with van der Waals surface area (Å²) in [7, 11) is 0. The van der Waals surface area contributed by atoms with Gasteiger partial charge in [-0.3, -0.25) is 5.32 Å². The average molecular weight is 166 g/mol. The van der Waals surface area contributed by atoms with E-state index in [1.807, 2.05) is 13.8 Å². The lowest BCUT2D eigenvalue weighted by molar-refractivity contribution is 0.386. The van der Waals surface area contributed by atoms with Crippen molar-refractivity contribution in [3.63, 3.8) is 0 Å². The predicted molar refractivity (Wildman–Crippen MR) is 52.7 cm³/mol. The van der Waals surface area contributed by atoms with E-state index in [1.165, 1.54) is 5.57 Å². The summed E-state index contributed by atoms with van der Waals surface area (Å²) in [6.45, 7) is 8.30. The van der Waals surface area contributed by atoms with Crippen molar-refractivity contribution in [1.82, 2.24) is 10.2 Å². The molecule has 0 spiro atoms. The van der Waals surface area contributed by atoms with Gasteiger partial charge in [0.15, 0.2) is 0 Å². The van der Waals surface area contributed by atoms with Crippen molar-refractivity contribution >= 4 is 0 Å². The van der Waals surface area contributed by atoms with Gasteiger partial charge in [-0.05, 0) is 18.6 Å². The Morgan fingerprint density at radius 1 is 1.50 bits per heavy atom. The fourth-order valence-electron chi connectivity index (χ4n) is 1.55. The molecule has 0 aromatic rings. The maximum Gasteiger partial charge on any atom is 0.0684 e. The summed E-state index contributed by atoms with van der Waals surface area (Å²) in [5.41, 5.74) is 1.47. The monoisotopic (exact) mass is 166 g/mol. The first-order valence-electron chi connectivity index (χ1n) is 4.69. The Morgan fingerprint density at radius 2 is 2.25 bits per heavy atom. The van der Waals surface area contributed by atoms with Crippen molar-refractivity contribution in [3.8, 4) is 0 Å². The Morgan fingerprint density at radius 3 is 2.92 bits per heavy atom. The number of hydrogen-bond donors (Lipinski definition) is 1. The van der Waals surface area contributed by atoms with Crippen LogP contribution < -0.4 is 5.32 Å². The van der Waals surface area contributed by atoms with E-state index in [0.29, 0.717) is 6.04 Å². The molecule has 2 aliphatic heterocycles. The summed E-state index contributed by atoms with van der Waals surface area (Å²) in [4.78, 5) is 2.33. The molecule has 1 fully saturated rings. The van der Waals surface area contributed by atoms with Gasteiger partial charge in [0.1, 0.15) is 0 Å². The van der Waals surface area contributed by atoms with E-state index < -0.39 is 0 Å². The lowest BCUT2D eigenvalue weighted by Crippen LogP contribution is -2.28. The number of allylic oxidation sites excluding steroid dienone is 2. The topological polar surface area (TPSA) is 15.3 Å². The van der Waals surface area contributed by atoms with Crippen LogP contribution in [0.4, 0.5) is 0 Å². The summed E-state index contributed by atoms with van der Waals surface area (Å²) < 4.78 is 0. The Bertz CT molecular complexity index is 194. The highest BCUT2D eigenvalue weighted by molar-refractivity contribution is 5.23. The minimum atomic E-state index is 0.630. The number of nitrogens with one attached hydrogen (secondary N) is 1. The quantitative estimate of drug-likeness (QED) is 0.589. The smallest absolute Gasteiger partial charge is 0.0684 e. The van der Waals surface area contributed by atoms with Gasteiger partial charge in [-0.15, -0.1) is 0 Å². The Balaban J connectivity index is 0.000000336. The molecule has 0 radical (unpaired) electrons. The van der Waals surface area contributed by atoms with Gasteiger partial charge in [0.05, 0.1) is 12.7 Å². The average Bonchev–Trinajstić information content (AvgIpc) is 2.57. The van der Waals surface area contributed by atoms with Crippen LogP contribution in [-0.2, 0) is 0 Å². The molecule has 68 valence electrons. The van der Waals surface area contributed by atoms with Crippen LogP contribution in [0.5, 0.6) is 0 Å². The second-order valence-electron chi connectivity index (χ2n) is 2.89. The van der Waals surface area contributed by atoms with Gasteiger partial charge in [0.2, 0.25) is 0 Å². The maximum absolute atomic E-state index is 3.33. The summed E-state index contributed by atoms with van der Waals surface area (Å²) in [6, 6.07) is 0.630. The third-order valence-corrected chi connectivity index (χ3v) is 2.19. The zero-order valence-electron chi connectivity index (χ0n) is 8.17. The molecule has 2 rings (SSSR count). The van der Waals surface area contributed by atoms with Crippen LogP contribution in [0.15, 0.2) is 23.9 Å². The Labute approximate surface area is 74.9 Å². The van der Waals surface area contributed by atoms with Gasteiger partial charge in [-0.25, -0.2) is 0 Å². The van der Waals surface area contributed by atoms with E-state index in [4.69, 9.17) is 0 Å². The standard InChI is InChI=1S/C8H12N2.C2H6/c1-7-3-2-4-10-6-9-5-8(7)10;1-2/h2-4,8-9H,5-6H2,1H3;1-2H3. The van der Waals surface area contributed by atoms with Crippen LogP contribution in [0.1, 0.15) is 20.8 Å². The molecule has 12 heavy (non-hydrogen) atoms. The third kappa shape index (κ3) is 1.69. The van der Waals surface area contributed by atoms with E-state index in [1.54, 1.807) is 0 Å². The molecule has 1 saturated heterocycles. The zero-order valence-corrected chi connectivity index (χ0v) is 8.17. The highest BCUT2D eigenvalue weighted by Crippen LogP contribution is 2.17. The highest BCUT2D eigenvalue weighted by Gasteiger charge is 2.23. The number of rotatable bonds is 0. The second kappa shape index (κ2) is 4.31. The third-order valence-electron chi connectivity index (χ3n) is 2.19. The first-order valence-corrected chi connectivity index (χ1v) is 4.69. The van der Waals surface area contributed by atoms with Gasteiger partial charge in [0, 0.05) is 12.7 Å². The minimum absolute atomic E-state index is 0.630. The Hall–Kier alpha value is -0.760. The molecule has 1 unspecified atom stereocenters. The molecule has 2 heterocycles. The van der Waals surface area contributed by atoms with Crippen LogP contribution in [0.2, 0.25) is 0 Å². The zero-order chi connectivity index (χ0) is 8.97. The molecule has 2 heteroatoms. The number of nitrogens with zero attached hydrogens (tertiary/aromatic N) is 1. The summed E-state index contributed by atoms with van der Waals surface area (Å²) in [6.07, 6.45) is 6.45. The maximum atomic E-state index is 3.33. The van der Waals surface area contributed by atoms with E-state index in [-0.39, 0.29) is 0 Å². The Kier molecular flexibility index (Phi) is 3.35. The molecule has 0 aliphatic carbocycles.